The van der Waals surface area contributed by atoms with Gasteiger partial charge in [0.25, 0.3) is 0 Å². The summed E-state index contributed by atoms with van der Waals surface area (Å²) in [6.45, 7) is 17.8. The molecule has 2 heterocycles. The number of ether oxygens (including phenoxy) is 1. The lowest BCUT2D eigenvalue weighted by Crippen LogP contribution is -2.41. The third-order valence-electron chi connectivity index (χ3n) is 8.09. The fraction of sp³-hybridized carbons (Fsp3) is 0.759. The van der Waals surface area contributed by atoms with Crippen molar-refractivity contribution in [1.29, 1.82) is 0 Å². The minimum atomic E-state index is -0.289. The van der Waals surface area contributed by atoms with E-state index in [1.807, 2.05) is 13.8 Å². The van der Waals surface area contributed by atoms with E-state index in [0.717, 1.165) is 52.2 Å². The van der Waals surface area contributed by atoms with Gasteiger partial charge in [-0.05, 0) is 69.4 Å². The largest absolute Gasteiger partial charge is 0.507 e. The first-order valence-electron chi connectivity index (χ1n) is 13.1. The summed E-state index contributed by atoms with van der Waals surface area (Å²) in [6.07, 6.45) is 11.7. The van der Waals surface area contributed by atoms with Crippen molar-refractivity contribution in [3.05, 3.63) is 22.3 Å². The fourth-order valence-electron chi connectivity index (χ4n) is 5.54. The molecule has 3 heteroatoms. The maximum atomic E-state index is 10.5. The van der Waals surface area contributed by atoms with Gasteiger partial charge in [0.15, 0.2) is 0 Å². The Morgan fingerprint density at radius 3 is 2.00 bits per heavy atom. The highest BCUT2D eigenvalue weighted by Gasteiger charge is 2.52. The Kier molecular flexibility index (Phi) is 7.99. The monoisotopic (exact) mass is 441 g/mol. The Bertz CT molecular complexity index is 840. The second-order valence-electron chi connectivity index (χ2n) is 11.6. The van der Waals surface area contributed by atoms with Crippen molar-refractivity contribution >= 4 is 5.71 Å². The molecule has 2 aliphatic heterocycles. The maximum absolute atomic E-state index is 10.5. The maximum Gasteiger partial charge on any atom is 0.146 e. The van der Waals surface area contributed by atoms with E-state index in [0.29, 0.717) is 5.75 Å². The molecule has 1 unspecified atom stereocenters. The number of aliphatic imine (C=N–C) groups is 1. The normalized spacial score (nSPS) is 23.3. The van der Waals surface area contributed by atoms with Crippen molar-refractivity contribution < 1.29 is 9.84 Å². The van der Waals surface area contributed by atoms with E-state index in [2.05, 4.69) is 41.5 Å². The predicted octanol–water partition coefficient (Wildman–Crippen LogP) is 8.40. The highest BCUT2D eigenvalue weighted by Crippen LogP contribution is 2.54. The van der Waals surface area contributed by atoms with Crippen LogP contribution in [-0.2, 0) is 0 Å². The van der Waals surface area contributed by atoms with E-state index in [1.54, 1.807) is 0 Å². The molecule has 0 spiro atoms. The molecule has 0 aliphatic carbocycles. The van der Waals surface area contributed by atoms with Crippen molar-refractivity contribution in [3.8, 4) is 11.5 Å². The van der Waals surface area contributed by atoms with Gasteiger partial charge in [0, 0.05) is 11.1 Å². The molecule has 32 heavy (non-hydrogen) atoms. The van der Waals surface area contributed by atoms with E-state index in [4.69, 9.17) is 9.73 Å². The molecule has 3 rings (SSSR count). The summed E-state index contributed by atoms with van der Waals surface area (Å²) < 4.78 is 6.63. The van der Waals surface area contributed by atoms with E-state index in [-0.39, 0.29) is 11.6 Å². The van der Waals surface area contributed by atoms with Gasteiger partial charge in [-0.1, -0.05) is 72.6 Å². The Labute approximate surface area is 197 Å². The molecule has 0 aromatic heterocycles. The zero-order chi connectivity index (χ0) is 23.6. The predicted molar refractivity (Wildman–Crippen MR) is 136 cm³/mol. The highest BCUT2D eigenvalue weighted by atomic mass is 16.5. The first-order valence-corrected chi connectivity index (χ1v) is 13.1. The van der Waals surface area contributed by atoms with Crippen LogP contribution in [-0.4, -0.2) is 16.4 Å². The molecule has 0 radical (unpaired) electrons. The Balaban J connectivity index is 1.45. The molecule has 3 nitrogen and oxygen atoms in total. The number of hydrogen-bond donors (Lipinski definition) is 1. The molecule has 1 aromatic carbocycles. The van der Waals surface area contributed by atoms with Gasteiger partial charge < -0.3 is 9.84 Å². The lowest BCUT2D eigenvalue weighted by atomic mass is 9.83. The first-order chi connectivity index (χ1) is 15.0. The summed E-state index contributed by atoms with van der Waals surface area (Å²) in [5, 5.41) is 10.5. The Hall–Kier alpha value is -1.51. The number of hydrogen-bond acceptors (Lipinski definition) is 3. The van der Waals surface area contributed by atoms with Crippen LogP contribution in [0.25, 0.3) is 0 Å². The van der Waals surface area contributed by atoms with Gasteiger partial charge in [0.1, 0.15) is 23.1 Å². The van der Waals surface area contributed by atoms with Crippen LogP contribution in [0.15, 0.2) is 4.99 Å². The van der Waals surface area contributed by atoms with Gasteiger partial charge in [-0.3, -0.25) is 4.99 Å². The minimum Gasteiger partial charge on any atom is -0.507 e. The van der Waals surface area contributed by atoms with Crippen LogP contribution >= 0.6 is 0 Å². The average molecular weight is 442 g/mol. The van der Waals surface area contributed by atoms with Crippen molar-refractivity contribution in [2.75, 3.05) is 0 Å². The first kappa shape index (κ1) is 25.1. The number of benzene rings is 1. The SMILES string of the molecule is Cc1c(C)c2c(c(C)c1O)C1N=C1[C@](C)(CCC[C@H](C)CCC[C@@H](C)CCCC(C)C)O2. The number of phenols is 1. The van der Waals surface area contributed by atoms with Gasteiger partial charge in [-0.25, -0.2) is 0 Å². The number of aromatic hydroxyl groups is 1. The van der Waals surface area contributed by atoms with Gasteiger partial charge in [0.2, 0.25) is 0 Å². The van der Waals surface area contributed by atoms with Crippen LogP contribution in [0, 0.1) is 38.5 Å². The smallest absolute Gasteiger partial charge is 0.146 e. The highest BCUT2D eigenvalue weighted by molar-refractivity contribution is 6.09. The van der Waals surface area contributed by atoms with Gasteiger partial charge in [-0.15, -0.1) is 0 Å². The molecule has 0 bridgehead atoms. The van der Waals surface area contributed by atoms with Crippen LogP contribution < -0.4 is 4.74 Å². The second-order valence-corrected chi connectivity index (χ2v) is 11.6. The molecular weight excluding hydrogens is 394 g/mol. The topological polar surface area (TPSA) is 41.8 Å². The molecule has 2 aliphatic rings. The van der Waals surface area contributed by atoms with E-state index in [9.17, 15) is 5.11 Å². The molecule has 4 atom stereocenters. The lowest BCUT2D eigenvalue weighted by Gasteiger charge is -2.35. The lowest BCUT2D eigenvalue weighted by molar-refractivity contribution is 0.138. The van der Waals surface area contributed by atoms with E-state index >= 15 is 0 Å². The standard InChI is InChI=1S/C29H47NO2/c1-18(2)12-9-13-19(3)14-10-15-20(4)16-11-17-29(8)28-25(30-28)24-23(7)26(31)21(5)22(6)27(24)32-29/h18-20,25,31H,9-17H2,1-8H3/t19-,20+,25?,29-/m0/s1. The minimum absolute atomic E-state index is 0.128. The number of nitrogens with zero attached hydrogens (tertiary/aromatic N) is 1. The molecular formula is C29H47NO2. The average Bonchev–Trinajstić information content (AvgIpc) is 3.52. The van der Waals surface area contributed by atoms with Crippen LogP contribution in [0.4, 0.5) is 0 Å². The van der Waals surface area contributed by atoms with Crippen LogP contribution in [0.1, 0.15) is 121 Å². The van der Waals surface area contributed by atoms with Gasteiger partial charge in [-0.2, -0.15) is 0 Å². The molecule has 0 amide bonds. The molecule has 1 aromatic rings. The van der Waals surface area contributed by atoms with Crippen LogP contribution in [0.2, 0.25) is 0 Å². The molecule has 180 valence electrons. The summed E-state index contributed by atoms with van der Waals surface area (Å²) in [5.41, 5.74) is 4.91. The zero-order valence-electron chi connectivity index (χ0n) is 22.0. The second kappa shape index (κ2) is 10.2. The van der Waals surface area contributed by atoms with Crippen LogP contribution in [0.5, 0.6) is 11.5 Å². The zero-order valence-corrected chi connectivity index (χ0v) is 22.0. The molecule has 1 N–H and O–H groups in total. The van der Waals surface area contributed by atoms with Crippen molar-refractivity contribution in [3.63, 3.8) is 0 Å². The van der Waals surface area contributed by atoms with E-state index in [1.165, 1.54) is 57.1 Å². The third-order valence-corrected chi connectivity index (χ3v) is 8.09. The summed E-state index contributed by atoms with van der Waals surface area (Å²) in [6, 6.07) is 0.128. The quantitative estimate of drug-likeness (QED) is 0.354. The molecule has 0 fully saturated rings. The summed E-state index contributed by atoms with van der Waals surface area (Å²) in [5.74, 6) is 3.85. The third kappa shape index (κ3) is 5.51. The fourth-order valence-corrected chi connectivity index (χ4v) is 5.54. The number of fused-ring (bicyclic) bond motifs is 3. The van der Waals surface area contributed by atoms with Crippen LogP contribution in [0.3, 0.4) is 0 Å². The number of phenolic OH excluding ortho intramolecular Hbond substituents is 1. The van der Waals surface area contributed by atoms with Crippen molar-refractivity contribution in [1.82, 2.24) is 0 Å². The Morgan fingerprint density at radius 1 is 0.844 bits per heavy atom. The molecule has 0 saturated heterocycles. The van der Waals surface area contributed by atoms with Crippen molar-refractivity contribution in [2.24, 2.45) is 22.7 Å². The summed E-state index contributed by atoms with van der Waals surface area (Å²) >= 11 is 0. The van der Waals surface area contributed by atoms with Gasteiger partial charge >= 0.3 is 0 Å². The van der Waals surface area contributed by atoms with Crippen molar-refractivity contribution in [2.45, 2.75) is 125 Å². The number of rotatable bonds is 12. The summed E-state index contributed by atoms with van der Waals surface area (Å²) in [4.78, 5) is 4.80. The van der Waals surface area contributed by atoms with E-state index < -0.39 is 0 Å². The molecule has 0 saturated carbocycles. The summed E-state index contributed by atoms with van der Waals surface area (Å²) in [7, 11) is 0. The van der Waals surface area contributed by atoms with Gasteiger partial charge in [0.05, 0.1) is 5.71 Å². The Morgan fingerprint density at radius 2 is 1.41 bits per heavy atom.